The van der Waals surface area contributed by atoms with Crippen molar-refractivity contribution < 1.29 is 4.79 Å². The lowest BCUT2D eigenvalue weighted by molar-refractivity contribution is 0.0964. The molecule has 0 fully saturated rings. The Bertz CT molecular complexity index is 832. The second kappa shape index (κ2) is 5.21. The fourth-order valence-electron chi connectivity index (χ4n) is 3.11. The molecule has 2 heterocycles. The number of hydrogen-bond acceptors (Lipinski definition) is 3. The molecule has 0 radical (unpaired) electrons. The highest BCUT2D eigenvalue weighted by Crippen LogP contribution is 2.36. The Hall–Kier alpha value is -2.20. The number of aryl methyl sites for hydroxylation is 1. The molecule has 0 N–H and O–H groups in total. The third kappa shape index (κ3) is 2.20. The molecule has 0 amide bonds. The van der Waals surface area contributed by atoms with E-state index in [1.807, 2.05) is 35.0 Å². The van der Waals surface area contributed by atoms with Gasteiger partial charge in [0.05, 0.1) is 23.1 Å². The maximum atomic E-state index is 12.5. The SMILES string of the molecule is Cc1ccc([C@@H]2CC(=O)c3cnn(-c4ccccc4)c3C2)s1. The van der Waals surface area contributed by atoms with Gasteiger partial charge in [0.15, 0.2) is 5.78 Å². The largest absolute Gasteiger partial charge is 0.294 e. The van der Waals surface area contributed by atoms with Gasteiger partial charge >= 0.3 is 0 Å². The number of fused-ring (bicyclic) bond motifs is 1. The number of aromatic nitrogens is 2. The Kier molecular flexibility index (Phi) is 3.19. The number of carbonyl (C=O) groups excluding carboxylic acids is 1. The van der Waals surface area contributed by atoms with E-state index in [0.29, 0.717) is 6.42 Å². The van der Waals surface area contributed by atoms with Crippen molar-refractivity contribution >= 4 is 17.1 Å². The Morgan fingerprint density at radius 2 is 1.95 bits per heavy atom. The molecule has 110 valence electrons. The molecule has 0 saturated heterocycles. The van der Waals surface area contributed by atoms with Crippen molar-refractivity contribution in [3.63, 3.8) is 0 Å². The predicted molar refractivity (Wildman–Crippen MR) is 88.0 cm³/mol. The molecule has 0 spiro atoms. The van der Waals surface area contributed by atoms with Gasteiger partial charge in [-0.25, -0.2) is 4.68 Å². The fraction of sp³-hybridized carbons (Fsp3) is 0.222. The lowest BCUT2D eigenvalue weighted by Crippen LogP contribution is -2.19. The number of rotatable bonds is 2. The zero-order valence-corrected chi connectivity index (χ0v) is 13.1. The Labute approximate surface area is 133 Å². The van der Waals surface area contributed by atoms with E-state index in [1.54, 1.807) is 17.5 Å². The van der Waals surface area contributed by atoms with Crippen LogP contribution in [0.3, 0.4) is 0 Å². The summed E-state index contributed by atoms with van der Waals surface area (Å²) in [4.78, 5) is 15.1. The summed E-state index contributed by atoms with van der Waals surface area (Å²) in [7, 11) is 0. The average Bonchev–Trinajstić information content (AvgIpc) is 3.14. The zero-order chi connectivity index (χ0) is 15.1. The number of Topliss-reactive ketones (excluding diaryl/α,β-unsaturated/α-hetero) is 1. The highest BCUT2D eigenvalue weighted by molar-refractivity contribution is 7.12. The number of carbonyl (C=O) groups is 1. The molecule has 1 aliphatic rings. The second-order valence-corrected chi connectivity index (χ2v) is 7.05. The zero-order valence-electron chi connectivity index (χ0n) is 12.3. The third-order valence-corrected chi connectivity index (χ3v) is 5.37. The van der Waals surface area contributed by atoms with Gasteiger partial charge in [0.2, 0.25) is 0 Å². The van der Waals surface area contributed by atoms with Crippen LogP contribution in [0.2, 0.25) is 0 Å². The molecule has 1 aromatic carbocycles. The summed E-state index contributed by atoms with van der Waals surface area (Å²) in [5, 5.41) is 4.45. The van der Waals surface area contributed by atoms with Gasteiger partial charge in [0, 0.05) is 22.1 Å². The van der Waals surface area contributed by atoms with E-state index in [0.717, 1.165) is 23.4 Å². The van der Waals surface area contributed by atoms with Crippen LogP contribution in [0.25, 0.3) is 5.69 Å². The number of thiophene rings is 1. The van der Waals surface area contributed by atoms with Crippen LogP contribution in [0.1, 0.15) is 38.1 Å². The van der Waals surface area contributed by atoms with Gasteiger partial charge in [0.25, 0.3) is 0 Å². The van der Waals surface area contributed by atoms with Crippen molar-refractivity contribution in [3.05, 3.63) is 69.7 Å². The maximum Gasteiger partial charge on any atom is 0.166 e. The molecule has 1 aliphatic carbocycles. The lowest BCUT2D eigenvalue weighted by atomic mass is 9.86. The minimum absolute atomic E-state index is 0.208. The molecule has 2 aromatic heterocycles. The summed E-state index contributed by atoms with van der Waals surface area (Å²) < 4.78 is 1.92. The highest BCUT2D eigenvalue weighted by Gasteiger charge is 2.30. The predicted octanol–water partition coefficient (Wildman–Crippen LogP) is 4.15. The van der Waals surface area contributed by atoms with E-state index in [2.05, 4.69) is 24.2 Å². The van der Waals surface area contributed by atoms with E-state index in [1.165, 1.54) is 9.75 Å². The van der Waals surface area contributed by atoms with Crippen molar-refractivity contribution in [1.82, 2.24) is 9.78 Å². The molecule has 3 aromatic rings. The van der Waals surface area contributed by atoms with Crippen LogP contribution in [-0.4, -0.2) is 15.6 Å². The van der Waals surface area contributed by atoms with Gasteiger partial charge in [-0.05, 0) is 37.6 Å². The van der Waals surface area contributed by atoms with Gasteiger partial charge in [-0.15, -0.1) is 11.3 Å². The van der Waals surface area contributed by atoms with Crippen LogP contribution in [0, 0.1) is 6.92 Å². The number of para-hydroxylation sites is 1. The maximum absolute atomic E-state index is 12.5. The molecular formula is C18H16N2OS. The van der Waals surface area contributed by atoms with Crippen LogP contribution in [0.5, 0.6) is 0 Å². The first-order chi connectivity index (χ1) is 10.7. The average molecular weight is 308 g/mol. The first-order valence-corrected chi connectivity index (χ1v) is 8.26. The summed E-state index contributed by atoms with van der Waals surface area (Å²) in [5.41, 5.74) is 2.84. The second-order valence-electron chi connectivity index (χ2n) is 5.73. The molecular weight excluding hydrogens is 292 g/mol. The molecule has 0 bridgehead atoms. The van der Waals surface area contributed by atoms with Crippen LogP contribution in [0.4, 0.5) is 0 Å². The summed E-state index contributed by atoms with van der Waals surface area (Å²) in [6, 6.07) is 14.3. The third-order valence-electron chi connectivity index (χ3n) is 4.21. The van der Waals surface area contributed by atoms with Crippen LogP contribution < -0.4 is 0 Å². The van der Waals surface area contributed by atoms with Crippen molar-refractivity contribution in [2.75, 3.05) is 0 Å². The number of nitrogens with zero attached hydrogens (tertiary/aromatic N) is 2. The smallest absolute Gasteiger partial charge is 0.166 e. The highest BCUT2D eigenvalue weighted by atomic mass is 32.1. The minimum Gasteiger partial charge on any atom is -0.294 e. The summed E-state index contributed by atoms with van der Waals surface area (Å²) >= 11 is 1.79. The quantitative estimate of drug-likeness (QED) is 0.712. The van der Waals surface area contributed by atoms with Gasteiger partial charge in [0.1, 0.15) is 0 Å². The standard InChI is InChI=1S/C18H16N2OS/c1-12-7-8-18(22-12)13-9-16-15(17(21)10-13)11-19-20(16)14-5-3-2-4-6-14/h2-8,11,13H,9-10H2,1H3/t13-/m0/s1. The molecule has 0 unspecified atom stereocenters. The Morgan fingerprint density at radius 3 is 2.68 bits per heavy atom. The summed E-state index contributed by atoms with van der Waals surface area (Å²) in [5.74, 6) is 0.484. The minimum atomic E-state index is 0.208. The molecule has 0 saturated carbocycles. The van der Waals surface area contributed by atoms with E-state index in [9.17, 15) is 4.79 Å². The van der Waals surface area contributed by atoms with Crippen molar-refractivity contribution in [2.45, 2.75) is 25.7 Å². The monoisotopic (exact) mass is 308 g/mol. The summed E-state index contributed by atoms with van der Waals surface area (Å²) in [6.45, 7) is 2.11. The molecule has 4 rings (SSSR count). The van der Waals surface area contributed by atoms with Gasteiger partial charge in [-0.2, -0.15) is 5.10 Å². The topological polar surface area (TPSA) is 34.9 Å². The number of benzene rings is 1. The normalized spacial score (nSPS) is 17.5. The molecule has 0 aliphatic heterocycles. The van der Waals surface area contributed by atoms with Gasteiger partial charge < -0.3 is 0 Å². The van der Waals surface area contributed by atoms with E-state index < -0.39 is 0 Å². The van der Waals surface area contributed by atoms with E-state index in [4.69, 9.17) is 0 Å². The fourth-order valence-corrected chi connectivity index (χ4v) is 4.09. The van der Waals surface area contributed by atoms with Crippen molar-refractivity contribution in [1.29, 1.82) is 0 Å². The van der Waals surface area contributed by atoms with Crippen LogP contribution in [-0.2, 0) is 6.42 Å². The molecule has 22 heavy (non-hydrogen) atoms. The Morgan fingerprint density at radius 1 is 1.14 bits per heavy atom. The van der Waals surface area contributed by atoms with E-state index >= 15 is 0 Å². The first kappa shape index (κ1) is 13.5. The molecule has 4 heteroatoms. The van der Waals surface area contributed by atoms with Crippen LogP contribution in [0.15, 0.2) is 48.7 Å². The number of hydrogen-bond donors (Lipinski definition) is 0. The molecule has 1 atom stereocenters. The van der Waals surface area contributed by atoms with Gasteiger partial charge in [-0.1, -0.05) is 18.2 Å². The Balaban J connectivity index is 1.76. The molecule has 3 nitrogen and oxygen atoms in total. The van der Waals surface area contributed by atoms with Crippen molar-refractivity contribution in [3.8, 4) is 5.69 Å². The lowest BCUT2D eigenvalue weighted by Gasteiger charge is -2.21. The number of ketones is 1. The summed E-state index contributed by atoms with van der Waals surface area (Å²) in [6.07, 6.45) is 3.18. The van der Waals surface area contributed by atoms with Crippen molar-refractivity contribution in [2.24, 2.45) is 0 Å². The van der Waals surface area contributed by atoms with Crippen LogP contribution >= 0.6 is 11.3 Å². The van der Waals surface area contributed by atoms with E-state index in [-0.39, 0.29) is 11.7 Å². The van der Waals surface area contributed by atoms with Gasteiger partial charge in [-0.3, -0.25) is 4.79 Å². The first-order valence-electron chi connectivity index (χ1n) is 7.44.